The predicted molar refractivity (Wildman–Crippen MR) is 96.6 cm³/mol. The van der Waals surface area contributed by atoms with E-state index >= 15 is 0 Å². The van der Waals surface area contributed by atoms with Gasteiger partial charge in [0.05, 0.1) is 18.2 Å². The second-order valence-electron chi connectivity index (χ2n) is 5.79. The SMILES string of the molecule is O=C(Nc1ccc(CN2CCOCC2)cc1)Nc1ccc(F)c(Cl)c1. The molecule has 0 aliphatic carbocycles. The van der Waals surface area contributed by atoms with E-state index in [2.05, 4.69) is 15.5 Å². The molecule has 0 radical (unpaired) electrons. The summed E-state index contributed by atoms with van der Waals surface area (Å²) in [5.74, 6) is -0.525. The van der Waals surface area contributed by atoms with Crippen LogP contribution in [0.1, 0.15) is 5.56 Å². The third-order valence-electron chi connectivity index (χ3n) is 3.90. The molecule has 2 N–H and O–H groups in total. The van der Waals surface area contributed by atoms with Crippen LogP contribution in [0.2, 0.25) is 5.02 Å². The van der Waals surface area contributed by atoms with Gasteiger partial charge in [-0.3, -0.25) is 4.90 Å². The molecule has 1 fully saturated rings. The number of carbonyl (C=O) groups is 1. The number of amides is 2. The van der Waals surface area contributed by atoms with E-state index in [1.165, 1.54) is 23.8 Å². The van der Waals surface area contributed by atoms with E-state index in [1.54, 1.807) is 0 Å². The number of anilines is 2. The molecule has 1 aliphatic rings. The van der Waals surface area contributed by atoms with Gasteiger partial charge in [0.1, 0.15) is 5.82 Å². The van der Waals surface area contributed by atoms with Crippen molar-refractivity contribution < 1.29 is 13.9 Å². The van der Waals surface area contributed by atoms with Crippen molar-refractivity contribution >= 4 is 29.0 Å². The second-order valence-corrected chi connectivity index (χ2v) is 6.20. The molecular weight excluding hydrogens is 345 g/mol. The molecule has 0 aromatic heterocycles. The summed E-state index contributed by atoms with van der Waals surface area (Å²) < 4.78 is 18.5. The second kappa shape index (κ2) is 8.29. The number of carbonyl (C=O) groups excluding carboxylic acids is 1. The average Bonchev–Trinajstić information content (AvgIpc) is 2.61. The standard InChI is InChI=1S/C18H19ClFN3O2/c19-16-11-15(5-6-17(16)20)22-18(24)21-14-3-1-13(2-4-14)12-23-7-9-25-10-8-23/h1-6,11H,7-10,12H2,(H2,21,22,24). The van der Waals surface area contributed by atoms with E-state index in [0.29, 0.717) is 11.4 Å². The maximum atomic E-state index is 13.1. The maximum Gasteiger partial charge on any atom is 0.323 e. The van der Waals surface area contributed by atoms with Crippen LogP contribution < -0.4 is 10.6 Å². The highest BCUT2D eigenvalue weighted by Crippen LogP contribution is 2.19. The topological polar surface area (TPSA) is 53.6 Å². The zero-order valence-corrected chi connectivity index (χ0v) is 14.4. The number of ether oxygens (including phenoxy) is 1. The number of hydrogen-bond donors (Lipinski definition) is 2. The summed E-state index contributed by atoms with van der Waals surface area (Å²) in [6.07, 6.45) is 0. The molecule has 0 saturated carbocycles. The van der Waals surface area contributed by atoms with Crippen molar-refractivity contribution in [3.05, 3.63) is 58.9 Å². The number of nitrogens with zero attached hydrogens (tertiary/aromatic N) is 1. The lowest BCUT2D eigenvalue weighted by Crippen LogP contribution is -2.35. The lowest BCUT2D eigenvalue weighted by molar-refractivity contribution is 0.0342. The molecule has 1 saturated heterocycles. The van der Waals surface area contributed by atoms with Crippen molar-refractivity contribution in [1.82, 2.24) is 4.90 Å². The van der Waals surface area contributed by atoms with Gasteiger partial charge in [-0.2, -0.15) is 0 Å². The Kier molecular flexibility index (Phi) is 5.86. The largest absolute Gasteiger partial charge is 0.379 e. The van der Waals surface area contributed by atoms with Gasteiger partial charge in [-0.15, -0.1) is 0 Å². The Hall–Kier alpha value is -2.15. The molecule has 0 atom stereocenters. The fourth-order valence-electron chi connectivity index (χ4n) is 2.58. The molecule has 2 aromatic rings. The van der Waals surface area contributed by atoms with Crippen LogP contribution in [0.3, 0.4) is 0 Å². The Morgan fingerprint density at radius 3 is 2.40 bits per heavy atom. The van der Waals surface area contributed by atoms with Gasteiger partial charge < -0.3 is 15.4 Å². The first kappa shape index (κ1) is 17.7. The molecule has 3 rings (SSSR count). The number of nitrogens with one attached hydrogen (secondary N) is 2. The first-order chi connectivity index (χ1) is 12.1. The highest BCUT2D eigenvalue weighted by atomic mass is 35.5. The Morgan fingerprint density at radius 1 is 1.08 bits per heavy atom. The lowest BCUT2D eigenvalue weighted by Gasteiger charge is -2.26. The molecule has 7 heteroatoms. The number of benzene rings is 2. The smallest absolute Gasteiger partial charge is 0.323 e. The summed E-state index contributed by atoms with van der Waals surface area (Å²) in [4.78, 5) is 14.3. The Morgan fingerprint density at radius 2 is 1.72 bits per heavy atom. The first-order valence-electron chi connectivity index (χ1n) is 8.02. The van der Waals surface area contributed by atoms with Crippen LogP contribution >= 0.6 is 11.6 Å². The highest BCUT2D eigenvalue weighted by molar-refractivity contribution is 6.31. The number of morpholine rings is 1. The third-order valence-corrected chi connectivity index (χ3v) is 4.19. The normalized spacial score (nSPS) is 15.0. The van der Waals surface area contributed by atoms with Crippen molar-refractivity contribution in [2.75, 3.05) is 36.9 Å². The molecule has 1 heterocycles. The summed E-state index contributed by atoms with van der Waals surface area (Å²) in [5.41, 5.74) is 2.28. The Balaban J connectivity index is 1.53. The Labute approximate surface area is 150 Å². The van der Waals surface area contributed by atoms with E-state index in [0.717, 1.165) is 32.8 Å². The molecule has 5 nitrogen and oxygen atoms in total. The zero-order valence-electron chi connectivity index (χ0n) is 13.6. The van der Waals surface area contributed by atoms with Gasteiger partial charge in [0.25, 0.3) is 0 Å². The molecule has 2 amide bonds. The van der Waals surface area contributed by atoms with Gasteiger partial charge in [0, 0.05) is 31.0 Å². The summed E-state index contributed by atoms with van der Waals surface area (Å²) in [6.45, 7) is 4.27. The summed E-state index contributed by atoms with van der Waals surface area (Å²) in [5, 5.41) is 5.31. The van der Waals surface area contributed by atoms with E-state index in [1.807, 2.05) is 24.3 Å². The van der Waals surface area contributed by atoms with E-state index in [4.69, 9.17) is 16.3 Å². The summed E-state index contributed by atoms with van der Waals surface area (Å²) in [7, 11) is 0. The molecule has 2 aromatic carbocycles. The van der Waals surface area contributed by atoms with Crippen LogP contribution in [0.15, 0.2) is 42.5 Å². The summed E-state index contributed by atoms with van der Waals surface area (Å²) >= 11 is 5.70. The van der Waals surface area contributed by atoms with E-state index in [-0.39, 0.29) is 5.02 Å². The van der Waals surface area contributed by atoms with Crippen LogP contribution in [0.4, 0.5) is 20.6 Å². The van der Waals surface area contributed by atoms with Crippen LogP contribution in [0, 0.1) is 5.82 Å². The predicted octanol–water partition coefficient (Wildman–Crippen LogP) is 3.96. The number of hydrogen-bond acceptors (Lipinski definition) is 3. The van der Waals surface area contributed by atoms with Crippen LogP contribution in [0.5, 0.6) is 0 Å². The quantitative estimate of drug-likeness (QED) is 0.864. The van der Waals surface area contributed by atoms with Crippen molar-refractivity contribution in [2.45, 2.75) is 6.54 Å². The van der Waals surface area contributed by atoms with Crippen molar-refractivity contribution in [2.24, 2.45) is 0 Å². The molecule has 0 bridgehead atoms. The fourth-order valence-corrected chi connectivity index (χ4v) is 2.76. The van der Waals surface area contributed by atoms with Crippen molar-refractivity contribution in [3.63, 3.8) is 0 Å². The van der Waals surface area contributed by atoms with Crippen LogP contribution in [0.25, 0.3) is 0 Å². The van der Waals surface area contributed by atoms with Gasteiger partial charge in [0.15, 0.2) is 0 Å². The molecule has 0 spiro atoms. The van der Waals surface area contributed by atoms with Gasteiger partial charge in [0.2, 0.25) is 0 Å². The maximum absolute atomic E-state index is 13.1. The first-order valence-corrected chi connectivity index (χ1v) is 8.40. The molecular formula is C18H19ClFN3O2. The molecule has 1 aliphatic heterocycles. The third kappa shape index (κ3) is 5.16. The molecule has 0 unspecified atom stereocenters. The van der Waals surface area contributed by atoms with Crippen molar-refractivity contribution in [3.8, 4) is 0 Å². The van der Waals surface area contributed by atoms with E-state index in [9.17, 15) is 9.18 Å². The van der Waals surface area contributed by atoms with Crippen LogP contribution in [-0.4, -0.2) is 37.2 Å². The number of halogens is 2. The number of urea groups is 1. The van der Waals surface area contributed by atoms with Gasteiger partial charge in [-0.25, -0.2) is 9.18 Å². The van der Waals surface area contributed by atoms with Gasteiger partial charge >= 0.3 is 6.03 Å². The summed E-state index contributed by atoms with van der Waals surface area (Å²) in [6, 6.07) is 11.3. The molecule has 25 heavy (non-hydrogen) atoms. The van der Waals surface area contributed by atoms with Crippen LogP contribution in [-0.2, 0) is 11.3 Å². The highest BCUT2D eigenvalue weighted by Gasteiger charge is 2.11. The van der Waals surface area contributed by atoms with E-state index < -0.39 is 11.8 Å². The van der Waals surface area contributed by atoms with Gasteiger partial charge in [-0.05, 0) is 35.9 Å². The monoisotopic (exact) mass is 363 g/mol. The lowest BCUT2D eigenvalue weighted by atomic mass is 10.2. The van der Waals surface area contributed by atoms with Gasteiger partial charge in [-0.1, -0.05) is 23.7 Å². The average molecular weight is 364 g/mol. The zero-order chi connectivity index (χ0) is 17.6. The minimum Gasteiger partial charge on any atom is -0.379 e. The number of rotatable bonds is 4. The fraction of sp³-hybridized carbons (Fsp3) is 0.278. The van der Waals surface area contributed by atoms with Crippen molar-refractivity contribution in [1.29, 1.82) is 0 Å². The minimum absolute atomic E-state index is 0.0368. The Bertz CT molecular complexity index is 734. The minimum atomic E-state index is -0.525. The molecule has 132 valence electrons.